The van der Waals surface area contributed by atoms with Crippen molar-refractivity contribution >= 4 is 34.4 Å². The number of nitrogens with zero attached hydrogens (tertiary/aromatic N) is 2. The third-order valence-corrected chi connectivity index (χ3v) is 9.15. The van der Waals surface area contributed by atoms with Gasteiger partial charge in [0.25, 0.3) is 11.4 Å². The van der Waals surface area contributed by atoms with Crippen molar-refractivity contribution in [1.29, 1.82) is 0 Å². The Morgan fingerprint density at radius 1 is 0.525 bits per heavy atom. The summed E-state index contributed by atoms with van der Waals surface area (Å²) in [7, 11) is -3.53. The SMILES string of the molecule is O=[N+]([O-])c1ccc(Oc2ccc(Oc3ccc([N+](=O)[O-])cc3)c(P(=O)(c3ccccc3)c3ccccc3)c2)cc1. The molecule has 0 aliphatic rings. The molecule has 0 heterocycles. The fourth-order valence-corrected chi connectivity index (χ4v) is 6.91. The summed E-state index contributed by atoms with van der Waals surface area (Å²) in [5.74, 6) is 1.30. The third-order valence-electron chi connectivity index (χ3n) is 6.07. The van der Waals surface area contributed by atoms with Crippen LogP contribution >= 0.6 is 7.14 Å². The molecule has 0 aromatic heterocycles. The van der Waals surface area contributed by atoms with Gasteiger partial charge in [0, 0.05) is 34.9 Å². The third kappa shape index (κ3) is 5.45. The lowest BCUT2D eigenvalue weighted by atomic mass is 10.3. The van der Waals surface area contributed by atoms with Crippen molar-refractivity contribution in [2.24, 2.45) is 0 Å². The van der Waals surface area contributed by atoms with E-state index in [0.717, 1.165) is 0 Å². The number of non-ortho nitro benzene ring substituents is 2. The molecule has 0 aliphatic heterocycles. The first kappa shape index (κ1) is 26.3. The van der Waals surface area contributed by atoms with Gasteiger partial charge in [-0.3, -0.25) is 20.2 Å². The lowest BCUT2D eigenvalue weighted by Crippen LogP contribution is -2.26. The van der Waals surface area contributed by atoms with Crippen LogP contribution in [-0.2, 0) is 4.57 Å². The fraction of sp³-hybridized carbons (Fsp3) is 0. The maximum atomic E-state index is 15.2. The zero-order valence-corrected chi connectivity index (χ0v) is 21.7. The van der Waals surface area contributed by atoms with Crippen LogP contribution in [0, 0.1) is 20.2 Å². The van der Waals surface area contributed by atoms with Crippen molar-refractivity contribution in [2.75, 3.05) is 0 Å². The van der Waals surface area contributed by atoms with E-state index < -0.39 is 17.0 Å². The van der Waals surface area contributed by atoms with Crippen molar-refractivity contribution in [3.05, 3.63) is 148 Å². The Kier molecular flexibility index (Phi) is 7.39. The largest absolute Gasteiger partial charge is 0.457 e. The van der Waals surface area contributed by atoms with Crippen molar-refractivity contribution in [3.8, 4) is 23.0 Å². The zero-order valence-electron chi connectivity index (χ0n) is 20.8. The van der Waals surface area contributed by atoms with Gasteiger partial charge in [0.1, 0.15) is 23.0 Å². The number of benzene rings is 5. The second-order valence-corrected chi connectivity index (χ2v) is 11.3. The van der Waals surface area contributed by atoms with E-state index in [0.29, 0.717) is 33.2 Å². The number of ether oxygens (including phenoxy) is 2. The van der Waals surface area contributed by atoms with Crippen molar-refractivity contribution in [1.82, 2.24) is 0 Å². The molecule has 198 valence electrons. The van der Waals surface area contributed by atoms with Crippen LogP contribution in [0.25, 0.3) is 0 Å². The Balaban J connectivity index is 1.64. The molecule has 0 bridgehead atoms. The van der Waals surface area contributed by atoms with Crippen LogP contribution in [0.3, 0.4) is 0 Å². The van der Waals surface area contributed by atoms with Gasteiger partial charge in [-0.2, -0.15) is 0 Å². The van der Waals surface area contributed by atoms with Gasteiger partial charge in [0.2, 0.25) is 0 Å². The van der Waals surface area contributed by atoms with Crippen molar-refractivity contribution in [2.45, 2.75) is 0 Å². The fourth-order valence-electron chi connectivity index (χ4n) is 4.13. The van der Waals surface area contributed by atoms with E-state index in [1.807, 2.05) is 12.1 Å². The smallest absolute Gasteiger partial charge is 0.269 e. The van der Waals surface area contributed by atoms with Crippen LogP contribution < -0.4 is 25.4 Å². The Morgan fingerprint density at radius 2 is 0.950 bits per heavy atom. The molecule has 9 nitrogen and oxygen atoms in total. The first-order chi connectivity index (χ1) is 19.3. The predicted octanol–water partition coefficient (Wildman–Crippen LogP) is 6.73. The van der Waals surface area contributed by atoms with Gasteiger partial charge in [-0.25, -0.2) is 0 Å². The summed E-state index contributed by atoms with van der Waals surface area (Å²) in [5.41, 5.74) is -0.156. The average molecular weight is 552 g/mol. The van der Waals surface area contributed by atoms with Gasteiger partial charge in [-0.1, -0.05) is 60.7 Å². The maximum absolute atomic E-state index is 15.2. The number of hydrogen-bond donors (Lipinski definition) is 0. The maximum Gasteiger partial charge on any atom is 0.269 e. The summed E-state index contributed by atoms with van der Waals surface area (Å²) in [6, 6.07) is 34.1. The van der Waals surface area contributed by atoms with Crippen LogP contribution in [0.15, 0.2) is 127 Å². The second-order valence-electron chi connectivity index (χ2n) is 8.62. The first-order valence-electron chi connectivity index (χ1n) is 12.0. The van der Waals surface area contributed by atoms with E-state index in [9.17, 15) is 20.2 Å². The molecular formula is C30H21N2O7P. The normalized spacial score (nSPS) is 11.0. The van der Waals surface area contributed by atoms with Gasteiger partial charge in [0.15, 0.2) is 7.14 Å². The van der Waals surface area contributed by atoms with Crippen molar-refractivity contribution < 1.29 is 23.9 Å². The summed E-state index contributed by atoms with van der Waals surface area (Å²) >= 11 is 0. The summed E-state index contributed by atoms with van der Waals surface area (Å²) in [4.78, 5) is 21.1. The molecule has 0 atom stereocenters. The Hall–Kier alpha value is -5.27. The van der Waals surface area contributed by atoms with E-state index >= 15 is 4.57 Å². The van der Waals surface area contributed by atoms with E-state index in [2.05, 4.69) is 0 Å². The summed E-state index contributed by atoms with van der Waals surface area (Å²) in [5, 5.41) is 23.6. The minimum absolute atomic E-state index is 0.0717. The quantitative estimate of drug-likeness (QED) is 0.113. The topological polar surface area (TPSA) is 122 Å². The molecule has 0 spiro atoms. The number of nitro groups is 2. The van der Waals surface area contributed by atoms with Crippen LogP contribution in [0.5, 0.6) is 23.0 Å². The Morgan fingerprint density at radius 3 is 1.40 bits per heavy atom. The minimum Gasteiger partial charge on any atom is -0.457 e. The Bertz CT molecular complexity index is 1670. The predicted molar refractivity (Wildman–Crippen MR) is 152 cm³/mol. The van der Waals surface area contributed by atoms with Crippen LogP contribution in [-0.4, -0.2) is 9.85 Å². The van der Waals surface area contributed by atoms with Gasteiger partial charge in [-0.15, -0.1) is 0 Å². The molecule has 0 fully saturated rings. The molecular weight excluding hydrogens is 531 g/mol. The van der Waals surface area contributed by atoms with Gasteiger partial charge in [0.05, 0.1) is 15.2 Å². The number of nitro benzene ring substituents is 2. The standard InChI is InChI=1S/C30H21N2O7P/c33-31(34)22-11-15-24(16-12-22)38-26-19-20-29(39-25-17-13-23(14-18-25)32(35)36)30(21-26)40(37,27-7-3-1-4-8-27)28-9-5-2-6-10-28/h1-21H. The molecule has 5 aromatic carbocycles. The second kappa shape index (κ2) is 11.2. The summed E-state index contributed by atoms with van der Waals surface area (Å²) in [6.45, 7) is 0. The molecule has 40 heavy (non-hydrogen) atoms. The highest BCUT2D eigenvalue weighted by atomic mass is 31.2. The Labute approximate surface area is 228 Å². The average Bonchev–Trinajstić information content (AvgIpc) is 2.99. The van der Waals surface area contributed by atoms with Crippen LogP contribution in [0.1, 0.15) is 0 Å². The van der Waals surface area contributed by atoms with E-state index in [1.54, 1.807) is 66.7 Å². The van der Waals surface area contributed by atoms with E-state index in [1.165, 1.54) is 48.5 Å². The minimum atomic E-state index is -3.53. The molecule has 0 saturated heterocycles. The molecule has 0 unspecified atom stereocenters. The molecule has 0 amide bonds. The highest BCUT2D eigenvalue weighted by Crippen LogP contribution is 2.47. The first-order valence-corrected chi connectivity index (χ1v) is 13.8. The lowest BCUT2D eigenvalue weighted by molar-refractivity contribution is -0.385. The molecule has 0 N–H and O–H groups in total. The summed E-state index contributed by atoms with van der Waals surface area (Å²) < 4.78 is 27.3. The molecule has 0 aliphatic carbocycles. The van der Waals surface area contributed by atoms with E-state index in [-0.39, 0.29) is 17.1 Å². The lowest BCUT2D eigenvalue weighted by Gasteiger charge is -2.23. The van der Waals surface area contributed by atoms with Gasteiger partial charge in [-0.05, 0) is 42.5 Å². The van der Waals surface area contributed by atoms with Crippen LogP contribution in [0.2, 0.25) is 0 Å². The molecule has 0 saturated carbocycles. The highest BCUT2D eigenvalue weighted by molar-refractivity contribution is 7.85. The van der Waals surface area contributed by atoms with Gasteiger partial charge < -0.3 is 14.0 Å². The van der Waals surface area contributed by atoms with E-state index in [4.69, 9.17) is 9.47 Å². The highest BCUT2D eigenvalue weighted by Gasteiger charge is 2.33. The molecule has 10 heteroatoms. The monoisotopic (exact) mass is 552 g/mol. The number of hydrogen-bond acceptors (Lipinski definition) is 7. The summed E-state index contributed by atoms with van der Waals surface area (Å²) in [6.07, 6.45) is 0. The zero-order chi connectivity index (χ0) is 28.1. The molecule has 0 radical (unpaired) electrons. The molecule has 5 aromatic rings. The van der Waals surface area contributed by atoms with Crippen LogP contribution in [0.4, 0.5) is 11.4 Å². The number of rotatable bonds is 9. The van der Waals surface area contributed by atoms with Crippen molar-refractivity contribution in [3.63, 3.8) is 0 Å². The molecule has 5 rings (SSSR count). The van der Waals surface area contributed by atoms with Gasteiger partial charge >= 0.3 is 0 Å².